The van der Waals surface area contributed by atoms with E-state index in [9.17, 15) is 0 Å². The summed E-state index contributed by atoms with van der Waals surface area (Å²) >= 11 is 0. The maximum Gasteiger partial charge on any atom is 0.0412 e. The zero-order valence-electron chi connectivity index (χ0n) is 9.71. The molecular weight excluding hydrogens is 206 g/mol. The number of hydrogen-bond acceptors (Lipinski definition) is 0. The molecule has 0 amide bonds. The third kappa shape index (κ3) is 2.09. The van der Waals surface area contributed by atoms with Crippen LogP contribution in [0.5, 0.6) is 0 Å². The molecule has 84 valence electrons. The van der Waals surface area contributed by atoms with E-state index in [0.717, 1.165) is 12.8 Å². The minimum Gasteiger partial charge on any atom is -0.324 e. The molecule has 3 rings (SSSR count). The van der Waals surface area contributed by atoms with Gasteiger partial charge in [0.15, 0.2) is 0 Å². The highest BCUT2D eigenvalue weighted by Crippen LogP contribution is 2.28. The van der Waals surface area contributed by atoms with Gasteiger partial charge < -0.3 is 4.57 Å². The van der Waals surface area contributed by atoms with Crippen molar-refractivity contribution in [2.75, 3.05) is 0 Å². The van der Waals surface area contributed by atoms with Gasteiger partial charge in [0.2, 0.25) is 0 Å². The SMILES string of the molecule is C1=C(c2ccccc2)CCC=C1n1cccc1. The van der Waals surface area contributed by atoms with Gasteiger partial charge in [0.25, 0.3) is 0 Å². The van der Waals surface area contributed by atoms with Crippen molar-refractivity contribution in [1.29, 1.82) is 0 Å². The second kappa shape index (κ2) is 4.46. The van der Waals surface area contributed by atoms with Gasteiger partial charge in [-0.15, -0.1) is 0 Å². The fourth-order valence-corrected chi connectivity index (χ4v) is 2.25. The first-order chi connectivity index (χ1) is 8.43. The molecule has 0 radical (unpaired) electrons. The van der Waals surface area contributed by atoms with E-state index < -0.39 is 0 Å². The molecule has 1 aliphatic rings. The Bertz CT molecular complexity index is 544. The summed E-state index contributed by atoms with van der Waals surface area (Å²) in [4.78, 5) is 0. The maximum absolute atomic E-state index is 2.30. The summed E-state index contributed by atoms with van der Waals surface area (Å²) < 4.78 is 2.17. The van der Waals surface area contributed by atoms with E-state index in [1.807, 2.05) is 0 Å². The lowest BCUT2D eigenvalue weighted by atomic mass is 9.96. The van der Waals surface area contributed by atoms with Crippen molar-refractivity contribution < 1.29 is 0 Å². The summed E-state index contributed by atoms with van der Waals surface area (Å²) in [6.45, 7) is 0. The average molecular weight is 221 g/mol. The molecule has 0 unspecified atom stereocenters. The van der Waals surface area contributed by atoms with Crippen LogP contribution in [-0.4, -0.2) is 4.57 Å². The van der Waals surface area contributed by atoms with Gasteiger partial charge in [0.05, 0.1) is 0 Å². The molecule has 2 aromatic rings. The third-order valence-corrected chi connectivity index (χ3v) is 3.14. The summed E-state index contributed by atoms with van der Waals surface area (Å²) in [6.07, 6.45) is 11.0. The van der Waals surface area contributed by atoms with Crippen molar-refractivity contribution in [2.24, 2.45) is 0 Å². The number of aromatic nitrogens is 1. The van der Waals surface area contributed by atoms with Gasteiger partial charge in [0, 0.05) is 18.1 Å². The highest BCUT2D eigenvalue weighted by Gasteiger charge is 2.07. The Morgan fingerprint density at radius 1 is 0.882 bits per heavy atom. The van der Waals surface area contributed by atoms with E-state index in [4.69, 9.17) is 0 Å². The fraction of sp³-hybridized carbons (Fsp3) is 0.125. The van der Waals surface area contributed by atoms with Crippen LogP contribution in [-0.2, 0) is 0 Å². The second-order valence-electron chi connectivity index (χ2n) is 4.29. The van der Waals surface area contributed by atoms with Gasteiger partial charge >= 0.3 is 0 Å². The summed E-state index contributed by atoms with van der Waals surface area (Å²) in [5.74, 6) is 0. The van der Waals surface area contributed by atoms with Crippen LogP contribution in [0, 0.1) is 0 Å². The second-order valence-corrected chi connectivity index (χ2v) is 4.29. The first-order valence-electron chi connectivity index (χ1n) is 6.03. The number of benzene rings is 1. The monoisotopic (exact) mass is 221 g/mol. The Morgan fingerprint density at radius 3 is 2.41 bits per heavy atom. The molecule has 0 fully saturated rings. The van der Waals surface area contributed by atoms with Gasteiger partial charge in [-0.2, -0.15) is 0 Å². The standard InChI is InChI=1S/C16H15N/c1-2-7-14(8-3-1)15-9-6-10-16(13-15)17-11-4-5-12-17/h1-5,7-8,10-13H,6,9H2. The molecule has 0 spiro atoms. The summed E-state index contributed by atoms with van der Waals surface area (Å²) in [5.41, 5.74) is 4.04. The molecule has 0 atom stereocenters. The van der Waals surface area contributed by atoms with E-state index in [-0.39, 0.29) is 0 Å². The quantitative estimate of drug-likeness (QED) is 0.716. The number of allylic oxidation sites excluding steroid dienone is 4. The Morgan fingerprint density at radius 2 is 1.65 bits per heavy atom. The predicted octanol–water partition coefficient (Wildman–Crippen LogP) is 4.21. The first-order valence-corrected chi connectivity index (χ1v) is 6.03. The van der Waals surface area contributed by atoms with Crippen LogP contribution < -0.4 is 0 Å². The summed E-state index contributed by atoms with van der Waals surface area (Å²) in [5, 5.41) is 0. The van der Waals surface area contributed by atoms with Crippen molar-refractivity contribution in [2.45, 2.75) is 12.8 Å². The molecule has 0 saturated carbocycles. The topological polar surface area (TPSA) is 4.93 Å². The smallest absolute Gasteiger partial charge is 0.0412 e. The van der Waals surface area contributed by atoms with Gasteiger partial charge in [-0.3, -0.25) is 0 Å². The molecule has 1 heteroatoms. The Balaban J connectivity index is 1.96. The van der Waals surface area contributed by atoms with Crippen molar-refractivity contribution in [1.82, 2.24) is 4.57 Å². The molecule has 0 bridgehead atoms. The fourth-order valence-electron chi connectivity index (χ4n) is 2.25. The van der Waals surface area contributed by atoms with Gasteiger partial charge in [0.1, 0.15) is 0 Å². The Hall–Kier alpha value is -2.02. The zero-order valence-corrected chi connectivity index (χ0v) is 9.71. The van der Waals surface area contributed by atoms with Gasteiger partial charge in [-0.05, 0) is 42.2 Å². The summed E-state index contributed by atoms with van der Waals surface area (Å²) in [7, 11) is 0. The largest absolute Gasteiger partial charge is 0.324 e. The maximum atomic E-state index is 2.30. The van der Waals surface area contributed by atoms with Gasteiger partial charge in [-0.25, -0.2) is 0 Å². The molecule has 1 heterocycles. The Kier molecular flexibility index (Phi) is 2.66. The average Bonchev–Trinajstić information content (AvgIpc) is 2.94. The van der Waals surface area contributed by atoms with E-state index in [1.54, 1.807) is 0 Å². The minimum atomic E-state index is 1.12. The number of nitrogens with zero attached hydrogens (tertiary/aromatic N) is 1. The predicted molar refractivity (Wildman–Crippen MR) is 72.4 cm³/mol. The lowest BCUT2D eigenvalue weighted by Crippen LogP contribution is -1.97. The van der Waals surface area contributed by atoms with Crippen molar-refractivity contribution >= 4 is 11.3 Å². The number of hydrogen-bond donors (Lipinski definition) is 0. The van der Waals surface area contributed by atoms with Crippen LogP contribution in [0.15, 0.2) is 67.0 Å². The van der Waals surface area contributed by atoms with Crippen LogP contribution in [0.2, 0.25) is 0 Å². The Labute approximate surface area is 102 Å². The van der Waals surface area contributed by atoms with E-state index in [2.05, 4.69) is 71.6 Å². The van der Waals surface area contributed by atoms with Crippen LogP contribution in [0.25, 0.3) is 11.3 Å². The van der Waals surface area contributed by atoms with E-state index in [0.29, 0.717) is 0 Å². The molecule has 1 aromatic heterocycles. The van der Waals surface area contributed by atoms with Crippen LogP contribution in [0.4, 0.5) is 0 Å². The van der Waals surface area contributed by atoms with Crippen LogP contribution in [0.1, 0.15) is 18.4 Å². The lowest BCUT2D eigenvalue weighted by molar-refractivity contribution is 1.02. The number of rotatable bonds is 2. The van der Waals surface area contributed by atoms with E-state index >= 15 is 0 Å². The zero-order chi connectivity index (χ0) is 11.5. The van der Waals surface area contributed by atoms with Crippen LogP contribution in [0.3, 0.4) is 0 Å². The summed E-state index contributed by atoms with van der Waals surface area (Å²) in [6, 6.07) is 14.8. The lowest BCUT2D eigenvalue weighted by Gasteiger charge is -2.15. The molecule has 1 nitrogen and oxygen atoms in total. The van der Waals surface area contributed by atoms with Crippen molar-refractivity contribution in [3.63, 3.8) is 0 Å². The van der Waals surface area contributed by atoms with Gasteiger partial charge in [-0.1, -0.05) is 36.4 Å². The first kappa shape index (κ1) is 10.2. The van der Waals surface area contributed by atoms with Crippen molar-refractivity contribution in [3.05, 3.63) is 72.6 Å². The molecule has 1 aliphatic carbocycles. The molecule has 17 heavy (non-hydrogen) atoms. The highest BCUT2D eigenvalue weighted by atomic mass is 14.9. The van der Waals surface area contributed by atoms with E-state index in [1.165, 1.54) is 16.8 Å². The van der Waals surface area contributed by atoms with Crippen LogP contribution >= 0.6 is 0 Å². The molecule has 1 aromatic carbocycles. The normalized spacial score (nSPS) is 15.3. The molecule has 0 saturated heterocycles. The van der Waals surface area contributed by atoms with Crippen molar-refractivity contribution in [3.8, 4) is 0 Å². The molecule has 0 aliphatic heterocycles. The molecular formula is C16H15N. The minimum absolute atomic E-state index is 1.12. The third-order valence-electron chi connectivity index (χ3n) is 3.14. The highest BCUT2D eigenvalue weighted by molar-refractivity contribution is 5.78. The molecule has 0 N–H and O–H groups in total.